The van der Waals surface area contributed by atoms with Crippen molar-refractivity contribution in [3.8, 4) is 28.5 Å². The number of pyridine rings is 1. The third-order valence-electron chi connectivity index (χ3n) is 5.05. The first-order valence-corrected chi connectivity index (χ1v) is 10.1. The molecule has 0 atom stereocenters. The fourth-order valence-electron chi connectivity index (χ4n) is 3.57. The standard InChI is InChI=1S/C25H20N2O4/c1-2-29-18-10-8-17(9-11-18)26-25(28)20-14-22(27-21-6-4-3-5-19(20)21)16-7-12-23-24(13-16)31-15-30-23/h3-14H,2,15H2,1H3,(H,26,28). The lowest BCUT2D eigenvalue weighted by Crippen LogP contribution is -2.13. The van der Waals surface area contributed by atoms with Crippen LogP contribution < -0.4 is 19.5 Å². The minimum absolute atomic E-state index is 0.204. The molecule has 1 aliphatic rings. The average molecular weight is 412 g/mol. The van der Waals surface area contributed by atoms with E-state index in [1.165, 1.54) is 0 Å². The lowest BCUT2D eigenvalue weighted by atomic mass is 10.0. The Labute approximate surface area is 179 Å². The highest BCUT2D eigenvalue weighted by Crippen LogP contribution is 2.36. The molecule has 1 amide bonds. The molecule has 3 aromatic carbocycles. The number of nitrogens with zero attached hydrogens (tertiary/aromatic N) is 1. The van der Waals surface area contributed by atoms with Crippen LogP contribution in [0.4, 0.5) is 5.69 Å². The van der Waals surface area contributed by atoms with Gasteiger partial charge in [-0.15, -0.1) is 0 Å². The number of carbonyl (C=O) groups excluding carboxylic acids is 1. The van der Waals surface area contributed by atoms with Gasteiger partial charge in [-0.05, 0) is 61.5 Å². The highest BCUT2D eigenvalue weighted by Gasteiger charge is 2.17. The number of hydrogen-bond donors (Lipinski definition) is 1. The molecule has 4 aromatic rings. The lowest BCUT2D eigenvalue weighted by Gasteiger charge is -2.11. The van der Waals surface area contributed by atoms with Crippen molar-refractivity contribution in [2.45, 2.75) is 6.92 Å². The SMILES string of the molecule is CCOc1ccc(NC(=O)c2cc(-c3ccc4c(c3)OCO4)nc3ccccc23)cc1. The molecule has 0 saturated heterocycles. The number of rotatable bonds is 5. The highest BCUT2D eigenvalue weighted by atomic mass is 16.7. The van der Waals surface area contributed by atoms with Crippen LogP contribution in [0.2, 0.25) is 0 Å². The van der Waals surface area contributed by atoms with Gasteiger partial charge in [0.25, 0.3) is 5.91 Å². The van der Waals surface area contributed by atoms with E-state index >= 15 is 0 Å². The molecular formula is C25H20N2O4. The van der Waals surface area contributed by atoms with Gasteiger partial charge in [-0.2, -0.15) is 0 Å². The van der Waals surface area contributed by atoms with Gasteiger partial charge in [0.05, 0.1) is 23.4 Å². The quantitative estimate of drug-likeness (QED) is 0.483. The third kappa shape index (κ3) is 3.75. The van der Waals surface area contributed by atoms with Crippen LogP contribution in [0.1, 0.15) is 17.3 Å². The third-order valence-corrected chi connectivity index (χ3v) is 5.05. The largest absolute Gasteiger partial charge is 0.494 e. The van der Waals surface area contributed by atoms with Crippen LogP contribution in [0, 0.1) is 0 Å². The van der Waals surface area contributed by atoms with Crippen LogP contribution in [0.15, 0.2) is 72.8 Å². The Kier molecular flexibility index (Phi) is 4.88. The van der Waals surface area contributed by atoms with Gasteiger partial charge >= 0.3 is 0 Å². The second-order valence-corrected chi connectivity index (χ2v) is 7.05. The Bertz CT molecular complexity index is 1270. The minimum atomic E-state index is -0.204. The molecule has 0 bridgehead atoms. The van der Waals surface area contributed by atoms with Gasteiger partial charge in [-0.25, -0.2) is 4.98 Å². The molecular weight excluding hydrogens is 392 g/mol. The average Bonchev–Trinajstić information content (AvgIpc) is 3.28. The normalized spacial score (nSPS) is 12.0. The molecule has 1 N–H and O–H groups in total. The first-order chi connectivity index (χ1) is 15.2. The lowest BCUT2D eigenvalue weighted by molar-refractivity contribution is 0.102. The van der Waals surface area contributed by atoms with E-state index in [-0.39, 0.29) is 12.7 Å². The number of amides is 1. The summed E-state index contributed by atoms with van der Waals surface area (Å²) in [6, 6.07) is 22.4. The van der Waals surface area contributed by atoms with Gasteiger partial charge in [-0.1, -0.05) is 18.2 Å². The van der Waals surface area contributed by atoms with E-state index in [0.717, 1.165) is 22.2 Å². The van der Waals surface area contributed by atoms with E-state index in [2.05, 4.69) is 5.32 Å². The van der Waals surface area contributed by atoms with Gasteiger partial charge in [0, 0.05) is 16.6 Å². The Morgan fingerprint density at radius 1 is 1.00 bits per heavy atom. The van der Waals surface area contributed by atoms with Crippen molar-refractivity contribution < 1.29 is 19.0 Å². The smallest absolute Gasteiger partial charge is 0.256 e. The fraction of sp³-hybridized carbons (Fsp3) is 0.120. The van der Waals surface area contributed by atoms with Crippen LogP contribution in [-0.2, 0) is 0 Å². The van der Waals surface area contributed by atoms with Gasteiger partial charge < -0.3 is 19.5 Å². The molecule has 1 aromatic heterocycles. The van der Waals surface area contributed by atoms with Crippen molar-refractivity contribution in [3.05, 3.63) is 78.4 Å². The summed E-state index contributed by atoms with van der Waals surface area (Å²) in [7, 11) is 0. The summed E-state index contributed by atoms with van der Waals surface area (Å²) in [5.41, 5.74) is 3.53. The number of hydrogen-bond acceptors (Lipinski definition) is 5. The Balaban J connectivity index is 1.52. The summed E-state index contributed by atoms with van der Waals surface area (Å²) in [5, 5.41) is 3.76. The molecule has 6 nitrogen and oxygen atoms in total. The second kappa shape index (κ2) is 7.99. The summed E-state index contributed by atoms with van der Waals surface area (Å²) in [6.07, 6.45) is 0. The predicted octanol–water partition coefficient (Wildman–Crippen LogP) is 5.28. The minimum Gasteiger partial charge on any atom is -0.494 e. The van der Waals surface area contributed by atoms with Gasteiger partial charge in [0.1, 0.15) is 5.75 Å². The Hall–Kier alpha value is -4.06. The fourth-order valence-corrected chi connectivity index (χ4v) is 3.57. The van der Waals surface area contributed by atoms with Crippen molar-refractivity contribution in [2.24, 2.45) is 0 Å². The summed E-state index contributed by atoms with van der Waals surface area (Å²) < 4.78 is 16.4. The predicted molar refractivity (Wildman–Crippen MR) is 119 cm³/mol. The number of benzene rings is 3. The zero-order chi connectivity index (χ0) is 21.2. The van der Waals surface area contributed by atoms with Gasteiger partial charge in [0.15, 0.2) is 11.5 Å². The van der Waals surface area contributed by atoms with Crippen molar-refractivity contribution in [1.82, 2.24) is 4.98 Å². The summed E-state index contributed by atoms with van der Waals surface area (Å²) >= 11 is 0. The van der Waals surface area contributed by atoms with Gasteiger partial charge in [0.2, 0.25) is 6.79 Å². The van der Waals surface area contributed by atoms with Crippen molar-refractivity contribution in [1.29, 1.82) is 0 Å². The number of fused-ring (bicyclic) bond motifs is 2. The molecule has 154 valence electrons. The number of nitrogens with one attached hydrogen (secondary N) is 1. The first-order valence-electron chi connectivity index (χ1n) is 10.1. The molecule has 0 unspecified atom stereocenters. The van der Waals surface area contributed by atoms with Crippen LogP contribution in [0.3, 0.4) is 0 Å². The molecule has 0 radical (unpaired) electrons. The molecule has 5 rings (SSSR count). The second-order valence-electron chi connectivity index (χ2n) is 7.05. The maximum atomic E-state index is 13.2. The van der Waals surface area contributed by atoms with Crippen LogP contribution in [0.25, 0.3) is 22.2 Å². The monoisotopic (exact) mass is 412 g/mol. The molecule has 0 aliphatic carbocycles. The Morgan fingerprint density at radius 3 is 2.65 bits per heavy atom. The number of para-hydroxylation sites is 1. The van der Waals surface area contributed by atoms with E-state index in [1.54, 1.807) is 0 Å². The maximum absolute atomic E-state index is 13.2. The molecule has 31 heavy (non-hydrogen) atoms. The van der Waals surface area contributed by atoms with E-state index in [1.807, 2.05) is 79.7 Å². The summed E-state index contributed by atoms with van der Waals surface area (Å²) in [6.45, 7) is 2.74. The van der Waals surface area contributed by atoms with E-state index in [9.17, 15) is 4.79 Å². The van der Waals surface area contributed by atoms with Crippen LogP contribution in [0.5, 0.6) is 17.2 Å². The molecule has 1 aliphatic heterocycles. The topological polar surface area (TPSA) is 69.7 Å². The number of anilines is 1. The van der Waals surface area contributed by atoms with E-state index in [4.69, 9.17) is 19.2 Å². The molecule has 6 heteroatoms. The van der Waals surface area contributed by atoms with E-state index in [0.29, 0.717) is 35.1 Å². The molecule has 0 saturated carbocycles. The van der Waals surface area contributed by atoms with Crippen molar-refractivity contribution in [2.75, 3.05) is 18.7 Å². The summed E-state index contributed by atoms with van der Waals surface area (Å²) in [4.78, 5) is 18.0. The number of carbonyl (C=O) groups is 1. The first kappa shape index (κ1) is 18.9. The van der Waals surface area contributed by atoms with Crippen molar-refractivity contribution in [3.63, 3.8) is 0 Å². The highest BCUT2D eigenvalue weighted by molar-refractivity contribution is 6.13. The van der Waals surface area contributed by atoms with Crippen LogP contribution in [-0.4, -0.2) is 24.3 Å². The number of ether oxygens (including phenoxy) is 3. The Morgan fingerprint density at radius 2 is 1.81 bits per heavy atom. The van der Waals surface area contributed by atoms with Crippen molar-refractivity contribution >= 4 is 22.5 Å². The zero-order valence-corrected chi connectivity index (χ0v) is 16.9. The molecule has 0 fully saturated rings. The molecule has 2 heterocycles. The summed E-state index contributed by atoms with van der Waals surface area (Å²) in [5.74, 6) is 1.94. The van der Waals surface area contributed by atoms with Crippen LogP contribution >= 0.6 is 0 Å². The van der Waals surface area contributed by atoms with E-state index < -0.39 is 0 Å². The van der Waals surface area contributed by atoms with Gasteiger partial charge in [-0.3, -0.25) is 4.79 Å². The zero-order valence-electron chi connectivity index (χ0n) is 16.9. The number of aromatic nitrogens is 1. The maximum Gasteiger partial charge on any atom is 0.256 e. The molecule has 0 spiro atoms.